The monoisotopic (exact) mass is 189 g/mol. The highest BCUT2D eigenvalue weighted by molar-refractivity contribution is 5.90. The van der Waals surface area contributed by atoms with Gasteiger partial charge >= 0.3 is 0 Å². The van der Waals surface area contributed by atoms with Crippen LogP contribution in [0, 0.1) is 0 Å². The molecule has 0 aliphatic heterocycles. The van der Waals surface area contributed by atoms with E-state index in [1.807, 2.05) is 0 Å². The molecule has 2 heterocycles. The summed E-state index contributed by atoms with van der Waals surface area (Å²) in [4.78, 5) is 18.7. The molecule has 2 aromatic heterocycles. The van der Waals surface area contributed by atoms with E-state index in [2.05, 4.69) is 15.1 Å². The van der Waals surface area contributed by atoms with Gasteiger partial charge < -0.3 is 4.52 Å². The molecule has 0 aliphatic carbocycles. The summed E-state index contributed by atoms with van der Waals surface area (Å²) < 4.78 is 4.89. The fourth-order valence-electron chi connectivity index (χ4n) is 0.973. The molecular formula is C9H7N3O2. The van der Waals surface area contributed by atoms with Crippen LogP contribution in [0.15, 0.2) is 29.0 Å². The molecule has 0 radical (unpaired) electrons. The average molecular weight is 189 g/mol. The van der Waals surface area contributed by atoms with Gasteiger partial charge in [0, 0.05) is 19.3 Å². The van der Waals surface area contributed by atoms with E-state index in [0.717, 1.165) is 0 Å². The molecule has 2 rings (SSSR count). The Morgan fingerprint density at radius 3 is 2.93 bits per heavy atom. The zero-order valence-corrected chi connectivity index (χ0v) is 7.47. The van der Waals surface area contributed by atoms with Crippen LogP contribution in [0.5, 0.6) is 0 Å². The summed E-state index contributed by atoms with van der Waals surface area (Å²) in [6.07, 6.45) is 3.24. The summed E-state index contributed by atoms with van der Waals surface area (Å²) in [6.45, 7) is 1.39. The number of carbonyl (C=O) groups is 1. The summed E-state index contributed by atoms with van der Waals surface area (Å²) in [6, 6.07) is 3.54. The summed E-state index contributed by atoms with van der Waals surface area (Å²) >= 11 is 0. The number of carbonyl (C=O) groups excluding carboxylic acids is 1. The second-order valence-corrected chi connectivity index (χ2v) is 2.72. The fraction of sp³-hybridized carbons (Fsp3) is 0.111. The molecule has 5 heteroatoms. The molecule has 0 fully saturated rings. The Bertz CT molecular complexity index is 450. The average Bonchev–Trinajstić information content (AvgIpc) is 2.68. The van der Waals surface area contributed by atoms with Gasteiger partial charge in [0.2, 0.25) is 11.6 Å². The molecule has 0 saturated heterocycles. The lowest BCUT2D eigenvalue weighted by Gasteiger charge is -1.89. The van der Waals surface area contributed by atoms with Gasteiger partial charge in [-0.25, -0.2) is 0 Å². The zero-order valence-electron chi connectivity index (χ0n) is 7.47. The third kappa shape index (κ3) is 1.52. The maximum Gasteiger partial charge on any atom is 0.259 e. The highest BCUT2D eigenvalue weighted by Gasteiger charge is 2.11. The van der Waals surface area contributed by atoms with E-state index in [4.69, 9.17) is 4.52 Å². The molecule has 0 bridgehead atoms. The highest BCUT2D eigenvalue weighted by Crippen LogP contribution is 2.14. The van der Waals surface area contributed by atoms with Gasteiger partial charge in [-0.2, -0.15) is 4.98 Å². The van der Waals surface area contributed by atoms with Crippen LogP contribution in [-0.2, 0) is 0 Å². The van der Waals surface area contributed by atoms with Crippen LogP contribution < -0.4 is 0 Å². The van der Waals surface area contributed by atoms with Crippen molar-refractivity contribution in [3.8, 4) is 11.5 Å². The molecular weight excluding hydrogens is 182 g/mol. The van der Waals surface area contributed by atoms with E-state index in [9.17, 15) is 4.79 Å². The van der Waals surface area contributed by atoms with E-state index in [-0.39, 0.29) is 11.6 Å². The molecule has 0 aliphatic rings. The van der Waals surface area contributed by atoms with Gasteiger partial charge in [-0.1, -0.05) is 5.16 Å². The SMILES string of the molecule is CC(=O)c1noc(-c2cccnc2)n1. The second kappa shape index (κ2) is 3.37. The van der Waals surface area contributed by atoms with Crippen LogP contribution in [0.25, 0.3) is 11.5 Å². The number of hydrogen-bond donors (Lipinski definition) is 0. The topological polar surface area (TPSA) is 68.9 Å². The van der Waals surface area contributed by atoms with E-state index in [1.54, 1.807) is 24.5 Å². The zero-order chi connectivity index (χ0) is 9.97. The number of hydrogen-bond acceptors (Lipinski definition) is 5. The van der Waals surface area contributed by atoms with E-state index < -0.39 is 0 Å². The molecule has 70 valence electrons. The summed E-state index contributed by atoms with van der Waals surface area (Å²) in [5.74, 6) is 0.177. The van der Waals surface area contributed by atoms with Crippen molar-refractivity contribution in [2.24, 2.45) is 0 Å². The van der Waals surface area contributed by atoms with Crippen molar-refractivity contribution in [2.75, 3.05) is 0 Å². The van der Waals surface area contributed by atoms with E-state index in [1.165, 1.54) is 6.92 Å². The first kappa shape index (κ1) is 8.55. The van der Waals surface area contributed by atoms with Crippen LogP contribution >= 0.6 is 0 Å². The Balaban J connectivity index is 2.39. The highest BCUT2D eigenvalue weighted by atomic mass is 16.5. The number of pyridine rings is 1. The van der Waals surface area contributed by atoms with Crippen molar-refractivity contribution in [1.82, 2.24) is 15.1 Å². The third-order valence-electron chi connectivity index (χ3n) is 1.65. The smallest absolute Gasteiger partial charge is 0.259 e. The number of rotatable bonds is 2. The number of nitrogens with zero attached hydrogens (tertiary/aromatic N) is 3. The second-order valence-electron chi connectivity index (χ2n) is 2.72. The molecule has 0 amide bonds. The van der Waals surface area contributed by atoms with Gasteiger partial charge in [-0.3, -0.25) is 9.78 Å². The number of Topliss-reactive ketones (excluding diaryl/α,β-unsaturated/α-hetero) is 1. The minimum absolute atomic E-state index is 0.0869. The Labute approximate surface area is 79.8 Å². The van der Waals surface area contributed by atoms with Crippen molar-refractivity contribution in [3.05, 3.63) is 30.4 Å². The standard InChI is InChI=1S/C9H7N3O2/c1-6(13)8-11-9(14-12-8)7-3-2-4-10-5-7/h2-5H,1H3. The molecule has 0 N–H and O–H groups in total. The molecule has 0 atom stereocenters. The molecule has 0 aromatic carbocycles. The first-order valence-electron chi connectivity index (χ1n) is 4.02. The van der Waals surface area contributed by atoms with Crippen LogP contribution in [0.2, 0.25) is 0 Å². The molecule has 2 aromatic rings. The summed E-state index contributed by atoms with van der Waals surface area (Å²) in [7, 11) is 0. The lowest BCUT2D eigenvalue weighted by Crippen LogP contribution is -1.93. The van der Waals surface area contributed by atoms with Gasteiger partial charge in [0.25, 0.3) is 5.89 Å². The summed E-state index contributed by atoms with van der Waals surface area (Å²) in [5.41, 5.74) is 0.701. The van der Waals surface area contributed by atoms with Gasteiger partial charge in [-0.05, 0) is 12.1 Å². The van der Waals surface area contributed by atoms with Crippen LogP contribution in [0.3, 0.4) is 0 Å². The first-order chi connectivity index (χ1) is 6.77. The largest absolute Gasteiger partial charge is 0.333 e. The quantitative estimate of drug-likeness (QED) is 0.666. The lowest BCUT2D eigenvalue weighted by atomic mass is 10.3. The van der Waals surface area contributed by atoms with E-state index >= 15 is 0 Å². The van der Waals surface area contributed by atoms with Gasteiger partial charge in [-0.15, -0.1) is 0 Å². The van der Waals surface area contributed by atoms with Crippen molar-refractivity contribution in [2.45, 2.75) is 6.92 Å². The maximum absolute atomic E-state index is 10.9. The Morgan fingerprint density at radius 2 is 2.36 bits per heavy atom. The number of ketones is 1. The third-order valence-corrected chi connectivity index (χ3v) is 1.65. The van der Waals surface area contributed by atoms with Crippen molar-refractivity contribution in [1.29, 1.82) is 0 Å². The molecule has 0 unspecified atom stereocenters. The maximum atomic E-state index is 10.9. The van der Waals surface area contributed by atoms with Crippen molar-refractivity contribution < 1.29 is 9.32 Å². The lowest BCUT2D eigenvalue weighted by molar-refractivity contribution is 0.100. The van der Waals surface area contributed by atoms with Gasteiger partial charge in [0.15, 0.2) is 0 Å². The van der Waals surface area contributed by atoms with Crippen LogP contribution in [0.1, 0.15) is 17.5 Å². The van der Waals surface area contributed by atoms with Crippen LogP contribution in [-0.4, -0.2) is 20.9 Å². The number of aromatic nitrogens is 3. The van der Waals surface area contributed by atoms with Gasteiger partial charge in [0.05, 0.1) is 5.56 Å². The predicted octanol–water partition coefficient (Wildman–Crippen LogP) is 1.33. The van der Waals surface area contributed by atoms with Crippen molar-refractivity contribution in [3.63, 3.8) is 0 Å². The molecule has 5 nitrogen and oxygen atoms in total. The first-order valence-corrected chi connectivity index (χ1v) is 4.02. The Hall–Kier alpha value is -2.04. The van der Waals surface area contributed by atoms with Crippen molar-refractivity contribution >= 4 is 5.78 Å². The Morgan fingerprint density at radius 1 is 1.50 bits per heavy atom. The predicted molar refractivity (Wildman–Crippen MR) is 47.5 cm³/mol. The Kier molecular flexibility index (Phi) is 2.06. The minimum atomic E-state index is -0.219. The molecule has 14 heavy (non-hydrogen) atoms. The molecule has 0 spiro atoms. The molecule has 0 saturated carbocycles. The fourth-order valence-corrected chi connectivity index (χ4v) is 0.973. The summed E-state index contributed by atoms with van der Waals surface area (Å²) in [5, 5.41) is 3.53. The normalized spacial score (nSPS) is 10.1. The van der Waals surface area contributed by atoms with E-state index in [0.29, 0.717) is 11.5 Å². The van der Waals surface area contributed by atoms with Gasteiger partial charge in [0.1, 0.15) is 0 Å². The van der Waals surface area contributed by atoms with Crippen LogP contribution in [0.4, 0.5) is 0 Å². The minimum Gasteiger partial charge on any atom is -0.333 e.